The summed E-state index contributed by atoms with van der Waals surface area (Å²) in [5, 5.41) is 14.4. The highest BCUT2D eigenvalue weighted by molar-refractivity contribution is 5.81. The number of aliphatic hydroxyl groups is 1. The molecule has 1 saturated heterocycles. The normalized spacial score (nSPS) is 25.8. The number of nitrogens with one attached hydrogen (secondary N) is 1. The van der Waals surface area contributed by atoms with E-state index >= 15 is 0 Å². The number of aliphatic hydroxyl groups excluding tert-OH is 1. The highest BCUT2D eigenvalue weighted by atomic mass is 16.5. The molecular weight excluding hydrogens is 332 g/mol. The van der Waals surface area contributed by atoms with Gasteiger partial charge >= 0.3 is 0 Å². The van der Waals surface area contributed by atoms with Crippen molar-refractivity contribution >= 4 is 17.0 Å². The third kappa shape index (κ3) is 2.92. The summed E-state index contributed by atoms with van der Waals surface area (Å²) < 4.78 is 7.85. The Morgan fingerprint density at radius 3 is 2.81 bits per heavy atom. The van der Waals surface area contributed by atoms with E-state index in [-0.39, 0.29) is 12.1 Å². The third-order valence-corrected chi connectivity index (χ3v) is 4.82. The number of imidazole rings is 1. The molecule has 1 fully saturated rings. The average molecular weight is 354 g/mol. The first-order valence-electron chi connectivity index (χ1n) is 8.73. The Labute approximate surface area is 151 Å². The molecule has 1 aromatic carbocycles. The Balaban J connectivity index is 1.57. The van der Waals surface area contributed by atoms with E-state index in [0.29, 0.717) is 23.5 Å². The maximum absolute atomic E-state index is 10.9. The minimum Gasteiger partial charge on any atom is -0.387 e. The fourth-order valence-electron chi connectivity index (χ4n) is 3.46. The molecule has 0 bridgehead atoms. The lowest BCUT2D eigenvalue weighted by atomic mass is 10.0. The van der Waals surface area contributed by atoms with Crippen LogP contribution in [0.15, 0.2) is 43.0 Å². The standard InChI is InChI=1S/C18H22N6O2/c1-2-12-13(20-8-11-6-4-3-5-7-11)15(25)18(26-12)24-10-23-14-16(19)21-9-22-17(14)24/h3-7,9-10,12-13,15,18,20,25H,2,8H2,1H3,(H2,19,21,22)/t12-,13-,15-,18-/m1/s1. The second-order valence-corrected chi connectivity index (χ2v) is 6.44. The second kappa shape index (κ2) is 6.99. The zero-order valence-corrected chi connectivity index (χ0v) is 14.5. The molecular formula is C18H22N6O2. The zero-order chi connectivity index (χ0) is 18.1. The first-order chi connectivity index (χ1) is 12.7. The quantitative estimate of drug-likeness (QED) is 0.632. The van der Waals surface area contributed by atoms with Crippen molar-refractivity contribution in [3.05, 3.63) is 48.5 Å². The second-order valence-electron chi connectivity index (χ2n) is 6.44. The van der Waals surface area contributed by atoms with Crippen molar-refractivity contribution in [2.45, 2.75) is 44.4 Å². The van der Waals surface area contributed by atoms with Crippen molar-refractivity contribution in [3.63, 3.8) is 0 Å². The summed E-state index contributed by atoms with van der Waals surface area (Å²) >= 11 is 0. The van der Waals surface area contributed by atoms with Crippen LogP contribution in [0.25, 0.3) is 11.2 Å². The molecule has 0 unspecified atom stereocenters. The molecule has 26 heavy (non-hydrogen) atoms. The van der Waals surface area contributed by atoms with Crippen molar-refractivity contribution in [1.29, 1.82) is 0 Å². The Morgan fingerprint density at radius 2 is 2.04 bits per heavy atom. The van der Waals surface area contributed by atoms with Gasteiger partial charge in [0.15, 0.2) is 17.7 Å². The largest absolute Gasteiger partial charge is 0.387 e. The lowest BCUT2D eigenvalue weighted by Gasteiger charge is -2.21. The van der Waals surface area contributed by atoms with Gasteiger partial charge in [-0.15, -0.1) is 0 Å². The van der Waals surface area contributed by atoms with Crippen molar-refractivity contribution in [3.8, 4) is 0 Å². The summed E-state index contributed by atoms with van der Waals surface area (Å²) in [7, 11) is 0. The van der Waals surface area contributed by atoms with Crippen molar-refractivity contribution in [2.24, 2.45) is 0 Å². The molecule has 0 spiro atoms. The van der Waals surface area contributed by atoms with Gasteiger partial charge in [-0.05, 0) is 12.0 Å². The molecule has 0 saturated carbocycles. The van der Waals surface area contributed by atoms with Crippen LogP contribution in [-0.4, -0.2) is 42.9 Å². The van der Waals surface area contributed by atoms with Crippen LogP contribution in [0.3, 0.4) is 0 Å². The SMILES string of the molecule is CC[C@H]1O[C@@H](n2cnc3c(N)ncnc32)[C@H](O)[C@@H]1NCc1ccccc1. The average Bonchev–Trinajstić information content (AvgIpc) is 3.22. The van der Waals surface area contributed by atoms with E-state index in [1.165, 1.54) is 6.33 Å². The van der Waals surface area contributed by atoms with E-state index in [1.54, 1.807) is 10.9 Å². The lowest BCUT2D eigenvalue weighted by molar-refractivity contribution is -0.0355. The molecule has 8 heteroatoms. The van der Waals surface area contributed by atoms with Crippen LogP contribution in [0.1, 0.15) is 25.1 Å². The summed E-state index contributed by atoms with van der Waals surface area (Å²) in [6, 6.07) is 9.90. The zero-order valence-electron chi connectivity index (χ0n) is 14.5. The molecule has 0 aliphatic carbocycles. The minimum absolute atomic E-state index is 0.115. The van der Waals surface area contributed by atoms with E-state index in [1.807, 2.05) is 25.1 Å². The number of hydrogen-bond donors (Lipinski definition) is 3. The predicted molar refractivity (Wildman–Crippen MR) is 97.0 cm³/mol. The van der Waals surface area contributed by atoms with Gasteiger partial charge in [0.2, 0.25) is 0 Å². The van der Waals surface area contributed by atoms with E-state index < -0.39 is 12.3 Å². The van der Waals surface area contributed by atoms with Gasteiger partial charge in [-0.25, -0.2) is 15.0 Å². The molecule has 2 aromatic heterocycles. The number of fused-ring (bicyclic) bond motifs is 1. The van der Waals surface area contributed by atoms with E-state index in [0.717, 1.165) is 12.0 Å². The fourth-order valence-corrected chi connectivity index (χ4v) is 3.46. The highest BCUT2D eigenvalue weighted by Crippen LogP contribution is 2.33. The van der Waals surface area contributed by atoms with Gasteiger partial charge < -0.3 is 20.9 Å². The number of hydrogen-bond acceptors (Lipinski definition) is 7. The van der Waals surface area contributed by atoms with Crippen molar-refractivity contribution < 1.29 is 9.84 Å². The number of rotatable bonds is 5. The molecule has 1 aliphatic heterocycles. The number of nitrogens with zero attached hydrogens (tertiary/aromatic N) is 4. The van der Waals surface area contributed by atoms with Gasteiger partial charge in [0.05, 0.1) is 18.5 Å². The van der Waals surface area contributed by atoms with Crippen LogP contribution in [0.4, 0.5) is 5.82 Å². The van der Waals surface area contributed by atoms with E-state index in [2.05, 4.69) is 32.4 Å². The third-order valence-electron chi connectivity index (χ3n) is 4.82. The number of nitrogens with two attached hydrogens (primary N) is 1. The maximum Gasteiger partial charge on any atom is 0.167 e. The molecule has 1 aliphatic rings. The van der Waals surface area contributed by atoms with Crippen molar-refractivity contribution in [1.82, 2.24) is 24.8 Å². The number of ether oxygens (including phenoxy) is 1. The van der Waals surface area contributed by atoms with Crippen LogP contribution >= 0.6 is 0 Å². The van der Waals surface area contributed by atoms with Crippen LogP contribution in [0.2, 0.25) is 0 Å². The molecule has 4 atom stereocenters. The molecule has 3 heterocycles. The van der Waals surface area contributed by atoms with Crippen LogP contribution < -0.4 is 11.1 Å². The van der Waals surface area contributed by atoms with Gasteiger partial charge in [-0.2, -0.15) is 0 Å². The van der Waals surface area contributed by atoms with E-state index in [9.17, 15) is 5.11 Å². The predicted octanol–water partition coefficient (Wildman–Crippen LogP) is 1.24. The minimum atomic E-state index is -0.739. The number of benzene rings is 1. The number of aromatic nitrogens is 4. The highest BCUT2D eigenvalue weighted by Gasteiger charge is 2.44. The van der Waals surface area contributed by atoms with Crippen molar-refractivity contribution in [2.75, 3.05) is 5.73 Å². The first kappa shape index (κ1) is 16.9. The summed E-state index contributed by atoms with van der Waals surface area (Å²) in [5.74, 6) is 0.312. The Morgan fingerprint density at radius 1 is 1.23 bits per heavy atom. The van der Waals surface area contributed by atoms with Gasteiger partial charge in [0.1, 0.15) is 17.9 Å². The monoisotopic (exact) mass is 354 g/mol. The van der Waals surface area contributed by atoms with Crippen LogP contribution in [0, 0.1) is 0 Å². The molecule has 4 N–H and O–H groups in total. The molecule has 8 nitrogen and oxygen atoms in total. The smallest absolute Gasteiger partial charge is 0.167 e. The summed E-state index contributed by atoms with van der Waals surface area (Å²) in [6.45, 7) is 2.71. The summed E-state index contributed by atoms with van der Waals surface area (Å²) in [4.78, 5) is 12.5. The topological polar surface area (TPSA) is 111 Å². The maximum atomic E-state index is 10.9. The van der Waals surface area contributed by atoms with Crippen LogP contribution in [-0.2, 0) is 11.3 Å². The van der Waals surface area contributed by atoms with E-state index in [4.69, 9.17) is 10.5 Å². The Kier molecular flexibility index (Phi) is 4.54. The van der Waals surface area contributed by atoms with Gasteiger partial charge in [0.25, 0.3) is 0 Å². The van der Waals surface area contributed by atoms with Gasteiger partial charge in [-0.1, -0.05) is 37.3 Å². The molecule has 0 amide bonds. The van der Waals surface area contributed by atoms with Gasteiger partial charge in [-0.3, -0.25) is 4.57 Å². The lowest BCUT2D eigenvalue weighted by Crippen LogP contribution is -2.43. The summed E-state index contributed by atoms with van der Waals surface area (Å²) in [5.41, 5.74) is 8.08. The number of anilines is 1. The van der Waals surface area contributed by atoms with Crippen LogP contribution in [0.5, 0.6) is 0 Å². The molecule has 0 radical (unpaired) electrons. The first-order valence-corrected chi connectivity index (χ1v) is 8.73. The Bertz CT molecular complexity index is 884. The molecule has 136 valence electrons. The Hall–Kier alpha value is -2.55. The van der Waals surface area contributed by atoms with Gasteiger partial charge in [0, 0.05) is 6.54 Å². The molecule has 3 aromatic rings. The fraction of sp³-hybridized carbons (Fsp3) is 0.389. The molecule has 4 rings (SSSR count). The summed E-state index contributed by atoms with van der Waals surface area (Å²) in [6.07, 6.45) is 2.33. The number of nitrogen functional groups attached to an aromatic ring is 1.